The molecule has 3 aliphatic heterocycles. The Bertz CT molecular complexity index is 674. The topological polar surface area (TPSA) is 54.0 Å². The van der Waals surface area contributed by atoms with Gasteiger partial charge >= 0.3 is 0 Å². The van der Waals surface area contributed by atoms with E-state index in [-0.39, 0.29) is 17.4 Å². The number of anilines is 1. The molecule has 2 fully saturated rings. The molecule has 6 nitrogen and oxygen atoms in total. The van der Waals surface area contributed by atoms with Crippen molar-refractivity contribution >= 4 is 11.6 Å². The zero-order chi connectivity index (χ0) is 18.9. The van der Waals surface area contributed by atoms with Gasteiger partial charge in [-0.1, -0.05) is 18.2 Å². The Morgan fingerprint density at radius 1 is 1.30 bits per heavy atom. The second-order valence-corrected chi connectivity index (χ2v) is 8.27. The number of carbonyl (C=O) groups is 1. The fraction of sp³-hybridized carbons (Fsp3) is 0.667. The van der Waals surface area contributed by atoms with Crippen molar-refractivity contribution in [2.75, 3.05) is 57.4 Å². The highest BCUT2D eigenvalue weighted by Crippen LogP contribution is 2.47. The van der Waals surface area contributed by atoms with Crippen LogP contribution in [0, 0.1) is 0 Å². The third-order valence-corrected chi connectivity index (χ3v) is 6.14. The van der Waals surface area contributed by atoms with Crippen LogP contribution in [-0.4, -0.2) is 75.5 Å². The van der Waals surface area contributed by atoms with Crippen LogP contribution in [-0.2, 0) is 19.7 Å². The molecule has 2 saturated heterocycles. The number of nitrogens with one attached hydrogen (secondary N) is 1. The molecule has 4 rings (SSSR count). The summed E-state index contributed by atoms with van der Waals surface area (Å²) >= 11 is 0. The Balaban J connectivity index is 1.36. The van der Waals surface area contributed by atoms with Gasteiger partial charge in [0.15, 0.2) is 0 Å². The maximum atomic E-state index is 12.7. The predicted octanol–water partition coefficient (Wildman–Crippen LogP) is 1.39. The van der Waals surface area contributed by atoms with Crippen LogP contribution in [0.4, 0.5) is 5.69 Å². The number of hydrogen-bond acceptors (Lipinski definition) is 5. The average Bonchev–Trinajstić information content (AvgIpc) is 3.26. The Hall–Kier alpha value is -1.63. The molecule has 1 aromatic carbocycles. The van der Waals surface area contributed by atoms with Crippen LogP contribution in [0.3, 0.4) is 0 Å². The summed E-state index contributed by atoms with van der Waals surface area (Å²) in [5, 5.41) is 3.08. The van der Waals surface area contributed by atoms with Crippen molar-refractivity contribution in [3.05, 3.63) is 29.8 Å². The lowest BCUT2D eigenvalue weighted by Gasteiger charge is -2.27. The second-order valence-electron chi connectivity index (χ2n) is 8.27. The lowest BCUT2D eigenvalue weighted by molar-refractivity contribution is -0.130. The second kappa shape index (κ2) is 7.78. The van der Waals surface area contributed by atoms with Gasteiger partial charge in [-0.2, -0.15) is 0 Å². The highest BCUT2D eigenvalue weighted by atomic mass is 16.5. The van der Waals surface area contributed by atoms with E-state index in [1.165, 1.54) is 11.3 Å². The van der Waals surface area contributed by atoms with Crippen molar-refractivity contribution < 1.29 is 14.3 Å². The van der Waals surface area contributed by atoms with E-state index in [2.05, 4.69) is 53.2 Å². The molecule has 1 spiro atoms. The fourth-order valence-corrected chi connectivity index (χ4v) is 4.60. The molecule has 3 heterocycles. The lowest BCUT2D eigenvalue weighted by atomic mass is 9.80. The summed E-state index contributed by atoms with van der Waals surface area (Å²) in [6.07, 6.45) is 0.409. The van der Waals surface area contributed by atoms with Gasteiger partial charge in [0.25, 0.3) is 0 Å². The van der Waals surface area contributed by atoms with E-state index in [9.17, 15) is 4.79 Å². The van der Waals surface area contributed by atoms with Gasteiger partial charge < -0.3 is 19.7 Å². The first-order valence-electron chi connectivity index (χ1n) is 10.1. The molecule has 27 heavy (non-hydrogen) atoms. The zero-order valence-corrected chi connectivity index (χ0v) is 16.4. The lowest BCUT2D eigenvalue weighted by Crippen LogP contribution is -2.43. The molecule has 1 aromatic rings. The summed E-state index contributed by atoms with van der Waals surface area (Å²) in [7, 11) is 0. The summed E-state index contributed by atoms with van der Waals surface area (Å²) < 4.78 is 11.4. The summed E-state index contributed by atoms with van der Waals surface area (Å²) in [5.74, 6) is 0.0283. The molecular weight excluding hydrogens is 342 g/mol. The number of ether oxygens (including phenoxy) is 2. The summed E-state index contributed by atoms with van der Waals surface area (Å²) in [6, 6.07) is 9.03. The number of benzene rings is 1. The quantitative estimate of drug-likeness (QED) is 0.845. The van der Waals surface area contributed by atoms with Crippen molar-refractivity contribution in [1.29, 1.82) is 0 Å². The molecule has 0 bridgehead atoms. The standard InChI is InChI=1S/C21H31N3O3/c1-16(2)24-14-21(17-5-3-4-6-18(17)24)13-19(27-15-21)20(25)22-7-8-23-9-11-26-12-10-23/h3-6,16,19H,7-15H2,1-2H3,(H,22,25)/t19-,21-/m1/s1. The first-order valence-corrected chi connectivity index (χ1v) is 10.1. The van der Waals surface area contributed by atoms with Crippen molar-refractivity contribution in [3.8, 4) is 0 Å². The maximum absolute atomic E-state index is 12.7. The Morgan fingerprint density at radius 2 is 2.07 bits per heavy atom. The third kappa shape index (κ3) is 3.71. The fourth-order valence-electron chi connectivity index (χ4n) is 4.60. The van der Waals surface area contributed by atoms with Gasteiger partial charge in [-0.05, 0) is 31.9 Å². The number of rotatable bonds is 5. The van der Waals surface area contributed by atoms with E-state index in [0.717, 1.165) is 45.8 Å². The number of nitrogens with zero attached hydrogens (tertiary/aromatic N) is 2. The van der Waals surface area contributed by atoms with Gasteiger partial charge in [-0.15, -0.1) is 0 Å². The molecule has 1 amide bonds. The van der Waals surface area contributed by atoms with Crippen LogP contribution in [0.25, 0.3) is 0 Å². The maximum Gasteiger partial charge on any atom is 0.249 e. The van der Waals surface area contributed by atoms with E-state index in [1.54, 1.807) is 0 Å². The highest BCUT2D eigenvalue weighted by molar-refractivity contribution is 5.81. The number of amides is 1. The number of fused-ring (bicyclic) bond motifs is 2. The molecule has 1 N–H and O–H groups in total. The summed E-state index contributed by atoms with van der Waals surface area (Å²) in [5.41, 5.74) is 2.57. The largest absolute Gasteiger partial charge is 0.379 e. The van der Waals surface area contributed by atoms with Crippen molar-refractivity contribution in [3.63, 3.8) is 0 Å². The first kappa shape index (κ1) is 18.7. The minimum atomic E-state index is -0.352. The molecule has 0 aromatic heterocycles. The molecule has 2 atom stereocenters. The van der Waals surface area contributed by atoms with E-state index in [0.29, 0.717) is 19.2 Å². The van der Waals surface area contributed by atoms with Crippen LogP contribution in [0.5, 0.6) is 0 Å². The van der Waals surface area contributed by atoms with Gasteiger partial charge in [0.05, 0.1) is 19.8 Å². The zero-order valence-electron chi connectivity index (χ0n) is 16.4. The van der Waals surface area contributed by atoms with Crippen molar-refractivity contribution in [2.24, 2.45) is 0 Å². The van der Waals surface area contributed by atoms with Crippen LogP contribution in [0.15, 0.2) is 24.3 Å². The van der Waals surface area contributed by atoms with Crippen LogP contribution >= 0.6 is 0 Å². The molecule has 0 aliphatic carbocycles. The third-order valence-electron chi connectivity index (χ3n) is 6.14. The average molecular weight is 373 g/mol. The number of carbonyl (C=O) groups excluding carboxylic acids is 1. The van der Waals surface area contributed by atoms with Gasteiger partial charge in [0.2, 0.25) is 5.91 Å². The van der Waals surface area contributed by atoms with E-state index in [4.69, 9.17) is 9.47 Å². The van der Waals surface area contributed by atoms with Crippen molar-refractivity contribution in [2.45, 2.75) is 37.8 Å². The number of hydrogen-bond donors (Lipinski definition) is 1. The number of morpholine rings is 1. The Labute approximate surface area is 161 Å². The minimum Gasteiger partial charge on any atom is -0.379 e. The van der Waals surface area contributed by atoms with Crippen LogP contribution in [0.1, 0.15) is 25.8 Å². The molecule has 0 saturated carbocycles. The minimum absolute atomic E-state index is 0.0283. The van der Waals surface area contributed by atoms with Crippen LogP contribution < -0.4 is 10.2 Å². The normalized spacial score (nSPS) is 28.1. The molecular formula is C21H31N3O3. The molecule has 148 valence electrons. The summed E-state index contributed by atoms with van der Waals surface area (Å²) in [4.78, 5) is 17.4. The molecule has 0 radical (unpaired) electrons. The van der Waals surface area contributed by atoms with Crippen LogP contribution in [0.2, 0.25) is 0 Å². The molecule has 0 unspecified atom stereocenters. The SMILES string of the molecule is CC(C)N1C[C@]2(CO[C@@H](C(=O)NCCN3CCOCC3)C2)c2ccccc21. The van der Waals surface area contributed by atoms with Crippen molar-refractivity contribution in [1.82, 2.24) is 10.2 Å². The first-order chi connectivity index (χ1) is 13.1. The molecule has 3 aliphatic rings. The van der Waals surface area contributed by atoms with E-state index < -0.39 is 0 Å². The van der Waals surface area contributed by atoms with Gasteiger partial charge in [0.1, 0.15) is 6.10 Å². The monoisotopic (exact) mass is 373 g/mol. The van der Waals surface area contributed by atoms with E-state index >= 15 is 0 Å². The van der Waals surface area contributed by atoms with Gasteiger partial charge in [-0.3, -0.25) is 9.69 Å². The molecule has 6 heteroatoms. The van der Waals surface area contributed by atoms with Gasteiger partial charge in [-0.25, -0.2) is 0 Å². The Kier molecular flexibility index (Phi) is 5.39. The predicted molar refractivity (Wildman–Crippen MR) is 105 cm³/mol. The Morgan fingerprint density at radius 3 is 2.85 bits per heavy atom. The number of para-hydroxylation sites is 1. The van der Waals surface area contributed by atoms with E-state index in [1.807, 2.05) is 0 Å². The smallest absolute Gasteiger partial charge is 0.249 e. The highest BCUT2D eigenvalue weighted by Gasteiger charge is 2.50. The summed E-state index contributed by atoms with van der Waals surface area (Å²) in [6.45, 7) is 11.0. The van der Waals surface area contributed by atoms with Gasteiger partial charge in [0, 0.05) is 49.9 Å².